The molecule has 6 nitrogen and oxygen atoms in total. The Hall–Kier alpha value is -2.86. The highest BCUT2D eigenvalue weighted by atomic mass is 16.3. The van der Waals surface area contributed by atoms with Gasteiger partial charge in [-0.15, -0.1) is 0 Å². The lowest BCUT2D eigenvalue weighted by Crippen LogP contribution is -2.21. The lowest BCUT2D eigenvalue weighted by atomic mass is 9.86. The third-order valence-corrected chi connectivity index (χ3v) is 4.06. The Morgan fingerprint density at radius 1 is 1.20 bits per heavy atom. The fourth-order valence-electron chi connectivity index (χ4n) is 2.56. The second-order valence-corrected chi connectivity index (χ2v) is 6.83. The summed E-state index contributed by atoms with van der Waals surface area (Å²) in [5.74, 6) is 0.313. The molecule has 0 unspecified atom stereocenters. The van der Waals surface area contributed by atoms with Crippen LogP contribution in [-0.4, -0.2) is 32.4 Å². The summed E-state index contributed by atoms with van der Waals surface area (Å²) in [7, 11) is 0. The molecule has 2 heterocycles. The highest BCUT2D eigenvalue weighted by molar-refractivity contribution is 5.97. The summed E-state index contributed by atoms with van der Waals surface area (Å²) in [6, 6.07) is 11.0. The highest BCUT2D eigenvalue weighted by Gasteiger charge is 2.22. The smallest absolute Gasteiger partial charge is 0.163 e. The van der Waals surface area contributed by atoms with Crippen LogP contribution >= 0.6 is 0 Å². The number of benzene rings is 1. The van der Waals surface area contributed by atoms with Crippen LogP contribution < -0.4 is 5.73 Å². The van der Waals surface area contributed by atoms with Gasteiger partial charge in [0.05, 0.1) is 11.2 Å². The van der Waals surface area contributed by atoms with Crippen molar-refractivity contribution in [3.8, 4) is 11.3 Å². The molecule has 0 aliphatic heterocycles. The summed E-state index contributed by atoms with van der Waals surface area (Å²) in [5.41, 5.74) is 8.76. The molecule has 0 aliphatic rings. The van der Waals surface area contributed by atoms with Crippen molar-refractivity contribution in [2.24, 2.45) is 5.41 Å². The van der Waals surface area contributed by atoms with E-state index in [0.29, 0.717) is 28.1 Å². The maximum Gasteiger partial charge on any atom is 0.163 e. The van der Waals surface area contributed by atoms with Gasteiger partial charge >= 0.3 is 0 Å². The minimum atomic E-state index is -0.444. The number of rotatable bonds is 5. The summed E-state index contributed by atoms with van der Waals surface area (Å²) >= 11 is 0. The molecular formula is C19H20N4O2. The van der Waals surface area contributed by atoms with Gasteiger partial charge in [0.2, 0.25) is 0 Å². The molecule has 0 bridgehead atoms. The third-order valence-electron chi connectivity index (χ3n) is 4.06. The fraction of sp³-hybridized carbons (Fsp3) is 0.263. The van der Waals surface area contributed by atoms with E-state index in [1.165, 1.54) is 6.33 Å². The number of Topliss-reactive ketones (excluding diaryl/α,β-unsaturated/α-hetero) is 1. The fourth-order valence-corrected chi connectivity index (χ4v) is 2.56. The maximum absolute atomic E-state index is 12.5. The van der Waals surface area contributed by atoms with E-state index in [9.17, 15) is 9.90 Å². The number of anilines is 1. The van der Waals surface area contributed by atoms with Crippen molar-refractivity contribution in [1.29, 1.82) is 0 Å². The van der Waals surface area contributed by atoms with Crippen molar-refractivity contribution in [2.75, 3.05) is 12.3 Å². The zero-order chi connectivity index (χ0) is 18.0. The Morgan fingerprint density at radius 2 is 2.00 bits per heavy atom. The van der Waals surface area contributed by atoms with Crippen LogP contribution in [0, 0.1) is 5.41 Å². The number of aliphatic hydroxyl groups is 1. The molecule has 0 atom stereocenters. The van der Waals surface area contributed by atoms with Crippen LogP contribution in [0.25, 0.3) is 22.3 Å². The van der Waals surface area contributed by atoms with Gasteiger partial charge in [-0.1, -0.05) is 32.0 Å². The molecule has 0 saturated heterocycles. The largest absolute Gasteiger partial charge is 0.396 e. The summed E-state index contributed by atoms with van der Waals surface area (Å²) < 4.78 is 0. The molecule has 0 amide bonds. The Bertz CT molecular complexity index is 938. The second kappa shape index (κ2) is 6.57. The molecule has 3 N–H and O–H groups in total. The topological polar surface area (TPSA) is 102 Å². The normalized spacial score (nSPS) is 11.6. The summed E-state index contributed by atoms with van der Waals surface area (Å²) in [6.45, 7) is 3.69. The number of nitrogens with zero attached hydrogens (tertiary/aromatic N) is 3. The number of ketones is 1. The number of hydrogen-bond acceptors (Lipinski definition) is 6. The number of pyridine rings is 1. The molecule has 2 aromatic heterocycles. The average Bonchev–Trinajstić information content (AvgIpc) is 2.61. The molecule has 0 aliphatic carbocycles. The lowest BCUT2D eigenvalue weighted by molar-refractivity contribution is 0.0858. The van der Waals surface area contributed by atoms with Gasteiger partial charge in [-0.05, 0) is 23.6 Å². The van der Waals surface area contributed by atoms with Crippen LogP contribution in [0.1, 0.15) is 30.6 Å². The predicted molar refractivity (Wildman–Crippen MR) is 97.0 cm³/mol. The van der Waals surface area contributed by atoms with Crippen molar-refractivity contribution in [3.63, 3.8) is 0 Å². The van der Waals surface area contributed by atoms with Crippen molar-refractivity contribution in [1.82, 2.24) is 15.0 Å². The van der Waals surface area contributed by atoms with E-state index in [0.717, 1.165) is 5.56 Å². The molecule has 3 aromatic rings. The van der Waals surface area contributed by atoms with Gasteiger partial charge < -0.3 is 10.8 Å². The van der Waals surface area contributed by atoms with Gasteiger partial charge in [0.25, 0.3) is 0 Å². The Labute approximate surface area is 145 Å². The minimum Gasteiger partial charge on any atom is -0.396 e. The van der Waals surface area contributed by atoms with Gasteiger partial charge in [-0.2, -0.15) is 0 Å². The van der Waals surface area contributed by atoms with E-state index in [-0.39, 0.29) is 18.8 Å². The average molecular weight is 336 g/mol. The summed E-state index contributed by atoms with van der Waals surface area (Å²) in [4.78, 5) is 25.1. The Balaban J connectivity index is 1.96. The molecule has 0 saturated carbocycles. The number of hydrogen-bond donors (Lipinski definition) is 2. The first-order chi connectivity index (χ1) is 11.9. The van der Waals surface area contributed by atoms with Crippen LogP contribution in [0.2, 0.25) is 0 Å². The standard InChI is InChI=1S/C19H20N4O2/c1-19(2,10-24)9-16(25)13-5-3-4-12(8-13)14-6-7-15-17(23-14)18(20)22-11-21-15/h3-8,11,24H,9-10H2,1-2H3,(H2,20,21,22). The summed E-state index contributed by atoms with van der Waals surface area (Å²) in [6.07, 6.45) is 1.68. The molecular weight excluding hydrogens is 316 g/mol. The number of aliphatic hydroxyl groups excluding tert-OH is 1. The van der Waals surface area contributed by atoms with E-state index >= 15 is 0 Å². The van der Waals surface area contributed by atoms with Gasteiger partial charge in [0.15, 0.2) is 11.6 Å². The molecule has 25 heavy (non-hydrogen) atoms. The third kappa shape index (κ3) is 3.64. The van der Waals surface area contributed by atoms with Crippen molar-refractivity contribution in [2.45, 2.75) is 20.3 Å². The van der Waals surface area contributed by atoms with E-state index in [4.69, 9.17) is 5.73 Å². The van der Waals surface area contributed by atoms with Crippen molar-refractivity contribution >= 4 is 22.6 Å². The second-order valence-electron chi connectivity index (χ2n) is 6.83. The first kappa shape index (κ1) is 17.0. The maximum atomic E-state index is 12.5. The van der Waals surface area contributed by atoms with E-state index in [1.807, 2.05) is 44.2 Å². The molecule has 1 aromatic carbocycles. The molecule has 0 spiro atoms. The number of nitrogen functional groups attached to an aromatic ring is 1. The van der Waals surface area contributed by atoms with Gasteiger partial charge in [-0.3, -0.25) is 4.79 Å². The molecule has 6 heteroatoms. The van der Waals surface area contributed by atoms with Gasteiger partial charge in [0.1, 0.15) is 11.8 Å². The first-order valence-electron chi connectivity index (χ1n) is 8.01. The molecule has 0 radical (unpaired) electrons. The number of carbonyl (C=O) groups excluding carboxylic acids is 1. The van der Waals surface area contributed by atoms with Crippen molar-refractivity contribution in [3.05, 3.63) is 48.3 Å². The van der Waals surface area contributed by atoms with Crippen LogP contribution in [0.5, 0.6) is 0 Å². The molecule has 0 fully saturated rings. The van der Waals surface area contributed by atoms with Gasteiger partial charge in [0, 0.05) is 24.2 Å². The Morgan fingerprint density at radius 3 is 2.76 bits per heavy atom. The number of nitrogens with two attached hydrogens (primary N) is 1. The van der Waals surface area contributed by atoms with Gasteiger partial charge in [-0.25, -0.2) is 15.0 Å². The van der Waals surface area contributed by atoms with Crippen LogP contribution in [-0.2, 0) is 0 Å². The summed E-state index contributed by atoms with van der Waals surface area (Å²) in [5, 5.41) is 9.36. The zero-order valence-electron chi connectivity index (χ0n) is 14.2. The first-order valence-corrected chi connectivity index (χ1v) is 8.01. The van der Waals surface area contributed by atoms with E-state index in [2.05, 4.69) is 15.0 Å². The van der Waals surface area contributed by atoms with Crippen LogP contribution in [0.3, 0.4) is 0 Å². The number of carbonyl (C=O) groups is 1. The van der Waals surface area contributed by atoms with Crippen molar-refractivity contribution < 1.29 is 9.90 Å². The van der Waals surface area contributed by atoms with E-state index in [1.54, 1.807) is 6.07 Å². The van der Waals surface area contributed by atoms with E-state index < -0.39 is 5.41 Å². The number of fused-ring (bicyclic) bond motifs is 1. The SMILES string of the molecule is CC(C)(CO)CC(=O)c1cccc(-c2ccc3ncnc(N)c3n2)c1. The zero-order valence-corrected chi connectivity index (χ0v) is 14.2. The minimum absolute atomic E-state index is 0.00969. The predicted octanol–water partition coefficient (Wildman–Crippen LogP) is 2.87. The quantitative estimate of drug-likeness (QED) is 0.695. The Kier molecular flexibility index (Phi) is 4.46. The number of aromatic nitrogens is 3. The van der Waals surface area contributed by atoms with Crippen LogP contribution in [0.4, 0.5) is 5.82 Å². The molecule has 3 rings (SSSR count). The van der Waals surface area contributed by atoms with Crippen LogP contribution in [0.15, 0.2) is 42.7 Å². The highest BCUT2D eigenvalue weighted by Crippen LogP contribution is 2.26. The molecule has 128 valence electrons. The monoisotopic (exact) mass is 336 g/mol. The lowest BCUT2D eigenvalue weighted by Gasteiger charge is -2.20.